The van der Waals surface area contributed by atoms with E-state index in [9.17, 15) is 4.79 Å². The van der Waals surface area contributed by atoms with Gasteiger partial charge in [0.05, 0.1) is 12.0 Å². The van der Waals surface area contributed by atoms with E-state index in [2.05, 4.69) is 26.8 Å². The largest absolute Gasteiger partial charge is 0.465 e. The van der Waals surface area contributed by atoms with Crippen LogP contribution < -0.4 is 0 Å². The van der Waals surface area contributed by atoms with Gasteiger partial charge in [-0.25, -0.2) is 0 Å². The molecule has 0 rings (SSSR count). The Morgan fingerprint density at radius 3 is 2.29 bits per heavy atom. The highest BCUT2D eigenvalue weighted by atomic mass is 16.5. The van der Waals surface area contributed by atoms with Crippen molar-refractivity contribution >= 4 is 5.97 Å². The molecule has 0 unspecified atom stereocenters. The molecule has 0 aromatic rings. The molecule has 0 aliphatic rings. The van der Waals surface area contributed by atoms with Crippen LogP contribution in [0.2, 0.25) is 0 Å². The van der Waals surface area contributed by atoms with Gasteiger partial charge in [0.1, 0.15) is 0 Å². The SMILES string of the molecule is CC(C)=CCC[C@@H](C)CCOC(=O)C(C)(C)C. The summed E-state index contributed by atoms with van der Waals surface area (Å²) in [6, 6.07) is 0. The first-order valence-electron chi connectivity index (χ1n) is 6.54. The Kier molecular flexibility index (Phi) is 7.17. The van der Waals surface area contributed by atoms with Crippen molar-refractivity contribution in [1.29, 1.82) is 0 Å². The highest BCUT2D eigenvalue weighted by Gasteiger charge is 2.22. The molecule has 0 aromatic heterocycles. The molecule has 0 fully saturated rings. The van der Waals surface area contributed by atoms with Crippen molar-refractivity contribution in [1.82, 2.24) is 0 Å². The summed E-state index contributed by atoms with van der Waals surface area (Å²) in [5.74, 6) is 0.507. The fourth-order valence-electron chi connectivity index (χ4n) is 1.37. The van der Waals surface area contributed by atoms with E-state index in [1.807, 2.05) is 20.8 Å². The molecule has 2 nitrogen and oxygen atoms in total. The van der Waals surface area contributed by atoms with Crippen LogP contribution in [-0.2, 0) is 9.53 Å². The first kappa shape index (κ1) is 16.2. The molecule has 0 aliphatic carbocycles. The maximum absolute atomic E-state index is 11.5. The molecule has 0 aliphatic heterocycles. The lowest BCUT2D eigenvalue weighted by molar-refractivity contribution is -0.153. The lowest BCUT2D eigenvalue weighted by Crippen LogP contribution is -2.23. The Bertz CT molecular complexity index is 255. The third-order valence-electron chi connectivity index (χ3n) is 2.67. The third kappa shape index (κ3) is 8.96. The minimum absolute atomic E-state index is 0.103. The van der Waals surface area contributed by atoms with Crippen molar-refractivity contribution in [3.05, 3.63) is 11.6 Å². The van der Waals surface area contributed by atoms with E-state index in [1.54, 1.807) is 0 Å². The number of carbonyl (C=O) groups is 1. The zero-order valence-corrected chi connectivity index (χ0v) is 12.3. The van der Waals surface area contributed by atoms with E-state index in [0.29, 0.717) is 12.5 Å². The van der Waals surface area contributed by atoms with Crippen LogP contribution in [0, 0.1) is 11.3 Å². The Hall–Kier alpha value is -0.790. The van der Waals surface area contributed by atoms with Gasteiger partial charge < -0.3 is 4.74 Å². The highest BCUT2D eigenvalue weighted by molar-refractivity contribution is 5.75. The van der Waals surface area contributed by atoms with E-state index in [0.717, 1.165) is 19.3 Å². The van der Waals surface area contributed by atoms with Crippen LogP contribution >= 0.6 is 0 Å². The Balaban J connectivity index is 3.68. The monoisotopic (exact) mass is 240 g/mol. The standard InChI is InChI=1S/C15H28O2/c1-12(2)8-7-9-13(3)10-11-17-14(16)15(4,5)6/h8,13H,7,9-11H2,1-6H3/t13-/m1/s1. The molecule has 1 atom stereocenters. The maximum Gasteiger partial charge on any atom is 0.311 e. The van der Waals surface area contributed by atoms with Crippen LogP contribution in [0.25, 0.3) is 0 Å². The first-order chi connectivity index (χ1) is 7.73. The number of allylic oxidation sites excluding steroid dienone is 2. The number of rotatable bonds is 6. The zero-order chi connectivity index (χ0) is 13.5. The molecule has 0 saturated carbocycles. The summed E-state index contributed by atoms with van der Waals surface area (Å²) in [5, 5.41) is 0. The molecule has 17 heavy (non-hydrogen) atoms. The number of carbonyl (C=O) groups excluding carboxylic acids is 1. The summed E-state index contributed by atoms with van der Waals surface area (Å²) in [6.07, 6.45) is 5.51. The summed E-state index contributed by atoms with van der Waals surface area (Å²) in [6.45, 7) is 12.6. The minimum Gasteiger partial charge on any atom is -0.465 e. The molecule has 100 valence electrons. The Morgan fingerprint density at radius 2 is 1.82 bits per heavy atom. The van der Waals surface area contributed by atoms with Crippen LogP contribution in [0.3, 0.4) is 0 Å². The van der Waals surface area contributed by atoms with Gasteiger partial charge in [0, 0.05) is 0 Å². The molecular formula is C15H28O2. The second-order valence-corrected chi connectivity index (χ2v) is 6.14. The lowest BCUT2D eigenvalue weighted by Gasteiger charge is -2.17. The predicted octanol–water partition coefficient (Wildman–Crippen LogP) is 4.35. The van der Waals surface area contributed by atoms with Crippen LogP contribution in [0.5, 0.6) is 0 Å². The van der Waals surface area contributed by atoms with E-state index in [-0.39, 0.29) is 11.4 Å². The summed E-state index contributed by atoms with van der Waals surface area (Å²) in [5.41, 5.74) is 0.988. The molecule has 0 radical (unpaired) electrons. The van der Waals surface area contributed by atoms with Gasteiger partial charge in [0.25, 0.3) is 0 Å². The maximum atomic E-state index is 11.5. The van der Waals surface area contributed by atoms with Crippen LogP contribution in [0.1, 0.15) is 60.8 Å². The predicted molar refractivity (Wildman–Crippen MR) is 72.9 cm³/mol. The normalized spacial score (nSPS) is 13.1. The van der Waals surface area contributed by atoms with Crippen molar-refractivity contribution < 1.29 is 9.53 Å². The fourth-order valence-corrected chi connectivity index (χ4v) is 1.37. The van der Waals surface area contributed by atoms with Gasteiger partial charge in [-0.05, 0) is 59.8 Å². The summed E-state index contributed by atoms with van der Waals surface area (Å²) >= 11 is 0. The van der Waals surface area contributed by atoms with Crippen LogP contribution in [-0.4, -0.2) is 12.6 Å². The van der Waals surface area contributed by atoms with Gasteiger partial charge >= 0.3 is 5.97 Å². The molecule has 0 bridgehead atoms. The van der Waals surface area contributed by atoms with E-state index < -0.39 is 0 Å². The molecule has 2 heteroatoms. The Labute approximate surface area is 106 Å². The van der Waals surface area contributed by atoms with Gasteiger partial charge in [-0.3, -0.25) is 4.79 Å². The van der Waals surface area contributed by atoms with Gasteiger partial charge in [-0.15, -0.1) is 0 Å². The van der Waals surface area contributed by atoms with Crippen molar-refractivity contribution in [2.24, 2.45) is 11.3 Å². The average Bonchev–Trinajstić information content (AvgIpc) is 2.15. The van der Waals surface area contributed by atoms with Gasteiger partial charge in [0.15, 0.2) is 0 Å². The molecule has 0 amide bonds. The fraction of sp³-hybridized carbons (Fsp3) is 0.800. The molecule has 0 aromatic carbocycles. The van der Waals surface area contributed by atoms with Gasteiger partial charge in [-0.1, -0.05) is 18.6 Å². The number of ether oxygens (including phenoxy) is 1. The topological polar surface area (TPSA) is 26.3 Å². The third-order valence-corrected chi connectivity index (χ3v) is 2.67. The van der Waals surface area contributed by atoms with Crippen molar-refractivity contribution in [2.45, 2.75) is 60.8 Å². The molecule has 0 saturated heterocycles. The summed E-state index contributed by atoms with van der Waals surface area (Å²) in [7, 11) is 0. The van der Waals surface area contributed by atoms with Crippen molar-refractivity contribution in [3.63, 3.8) is 0 Å². The second-order valence-electron chi connectivity index (χ2n) is 6.14. The number of hydrogen-bond donors (Lipinski definition) is 0. The van der Waals surface area contributed by atoms with Crippen LogP contribution in [0.15, 0.2) is 11.6 Å². The Morgan fingerprint density at radius 1 is 1.24 bits per heavy atom. The number of hydrogen-bond acceptors (Lipinski definition) is 2. The smallest absolute Gasteiger partial charge is 0.311 e. The minimum atomic E-state index is -0.384. The highest BCUT2D eigenvalue weighted by Crippen LogP contribution is 2.17. The van der Waals surface area contributed by atoms with E-state index >= 15 is 0 Å². The second kappa shape index (κ2) is 7.52. The summed E-state index contributed by atoms with van der Waals surface area (Å²) < 4.78 is 5.25. The average molecular weight is 240 g/mol. The van der Waals surface area contributed by atoms with E-state index in [1.165, 1.54) is 5.57 Å². The first-order valence-corrected chi connectivity index (χ1v) is 6.54. The summed E-state index contributed by atoms with van der Waals surface area (Å²) in [4.78, 5) is 11.5. The van der Waals surface area contributed by atoms with Gasteiger partial charge in [0.2, 0.25) is 0 Å². The molecule has 0 N–H and O–H groups in total. The molecule has 0 heterocycles. The molecular weight excluding hydrogens is 212 g/mol. The van der Waals surface area contributed by atoms with Crippen molar-refractivity contribution in [2.75, 3.05) is 6.61 Å². The lowest BCUT2D eigenvalue weighted by atomic mass is 9.97. The molecule has 0 spiro atoms. The van der Waals surface area contributed by atoms with Crippen molar-refractivity contribution in [3.8, 4) is 0 Å². The van der Waals surface area contributed by atoms with Crippen LogP contribution in [0.4, 0.5) is 0 Å². The number of esters is 1. The quantitative estimate of drug-likeness (QED) is 0.509. The van der Waals surface area contributed by atoms with Gasteiger partial charge in [-0.2, -0.15) is 0 Å². The van der Waals surface area contributed by atoms with E-state index in [4.69, 9.17) is 4.74 Å². The zero-order valence-electron chi connectivity index (χ0n) is 12.3.